The van der Waals surface area contributed by atoms with Crippen molar-refractivity contribution in [2.75, 3.05) is 0 Å². The molecule has 0 unspecified atom stereocenters. The molecule has 7 aromatic rings. The Kier molecular flexibility index (Phi) is 4.11. The summed E-state index contributed by atoms with van der Waals surface area (Å²) in [5.41, 5.74) is 7.71. The van der Waals surface area contributed by atoms with Gasteiger partial charge in [-0.15, -0.1) is 0 Å². The van der Waals surface area contributed by atoms with Crippen LogP contribution in [-0.2, 0) is 0 Å². The maximum atomic E-state index is 4.85. The molecule has 4 heteroatoms. The molecule has 3 aromatic carbocycles. The van der Waals surface area contributed by atoms with Crippen molar-refractivity contribution < 1.29 is 0 Å². The summed E-state index contributed by atoms with van der Waals surface area (Å²) in [5.74, 6) is 0.715. The second-order valence-corrected chi connectivity index (χ2v) is 8.41. The predicted octanol–water partition coefficient (Wildman–Crippen LogP) is 7.16. The van der Waals surface area contributed by atoms with Gasteiger partial charge in [-0.1, -0.05) is 72.8 Å². The van der Waals surface area contributed by atoms with Gasteiger partial charge in [-0.3, -0.25) is 0 Å². The number of pyridine rings is 1. The molecule has 4 heterocycles. The molecule has 0 saturated heterocycles. The minimum Gasteiger partial charge on any atom is -0.322 e. The Labute approximate surface area is 196 Å². The van der Waals surface area contributed by atoms with Crippen LogP contribution >= 0.6 is 0 Å². The average molecular weight is 437 g/mol. The molecule has 0 saturated carbocycles. The van der Waals surface area contributed by atoms with Gasteiger partial charge in [-0.2, -0.15) is 0 Å². The quantitative estimate of drug-likeness (QED) is 0.295. The monoisotopic (exact) mass is 436 g/mol. The third kappa shape index (κ3) is 2.79. The molecule has 0 bridgehead atoms. The molecule has 0 aliphatic rings. The summed E-state index contributed by atoms with van der Waals surface area (Å²) in [6, 6.07) is 33.7. The van der Waals surface area contributed by atoms with Gasteiger partial charge in [0.2, 0.25) is 0 Å². The minimum absolute atomic E-state index is 0.715. The number of benzene rings is 3. The average Bonchev–Trinajstić information content (AvgIpc) is 3.46. The van der Waals surface area contributed by atoms with Gasteiger partial charge < -0.3 is 8.97 Å². The molecule has 7 rings (SSSR count). The minimum atomic E-state index is 0.715. The Balaban J connectivity index is 1.42. The molecule has 0 atom stereocenters. The standard InChI is InChI=1S/C30H20N4/c1-2-10-21(11-3-1)29-25(20-33-17-9-8-16-28(29)33)30-31-18-22(19-32-30)34-26-14-6-4-12-23(26)24-13-5-7-15-27(24)34/h1-20H. The Morgan fingerprint density at radius 1 is 0.559 bits per heavy atom. The van der Waals surface area contributed by atoms with Gasteiger partial charge in [-0.05, 0) is 29.8 Å². The molecule has 0 amide bonds. The zero-order chi connectivity index (χ0) is 22.5. The van der Waals surface area contributed by atoms with Gasteiger partial charge >= 0.3 is 0 Å². The highest BCUT2D eigenvalue weighted by Gasteiger charge is 2.17. The van der Waals surface area contributed by atoms with Crippen molar-refractivity contribution in [1.82, 2.24) is 18.9 Å². The van der Waals surface area contributed by atoms with Crippen molar-refractivity contribution in [1.29, 1.82) is 0 Å². The lowest BCUT2D eigenvalue weighted by atomic mass is 10.0. The van der Waals surface area contributed by atoms with Crippen LogP contribution in [0.2, 0.25) is 0 Å². The Bertz CT molecular complexity index is 1740. The largest absolute Gasteiger partial charge is 0.322 e. The Morgan fingerprint density at radius 2 is 1.15 bits per heavy atom. The van der Waals surface area contributed by atoms with Crippen LogP contribution in [0.1, 0.15) is 0 Å². The molecular weight excluding hydrogens is 416 g/mol. The lowest BCUT2D eigenvalue weighted by Gasteiger charge is -2.08. The van der Waals surface area contributed by atoms with Crippen molar-refractivity contribution in [3.05, 3.63) is 122 Å². The molecule has 0 aliphatic heterocycles. The van der Waals surface area contributed by atoms with Crippen LogP contribution in [0, 0.1) is 0 Å². The highest BCUT2D eigenvalue weighted by Crippen LogP contribution is 2.36. The zero-order valence-corrected chi connectivity index (χ0v) is 18.3. The van der Waals surface area contributed by atoms with Crippen LogP contribution in [-0.4, -0.2) is 18.9 Å². The van der Waals surface area contributed by atoms with Gasteiger partial charge in [-0.25, -0.2) is 9.97 Å². The first kappa shape index (κ1) is 18.8. The SMILES string of the molecule is c1ccc(-c2c(-c3ncc(-n4c5ccccc5c5ccccc54)cn3)cn3ccccc23)cc1. The molecule has 4 nitrogen and oxygen atoms in total. The van der Waals surface area contributed by atoms with E-state index in [2.05, 4.69) is 106 Å². The third-order valence-electron chi connectivity index (χ3n) is 6.46. The van der Waals surface area contributed by atoms with Crippen LogP contribution in [0.25, 0.3) is 55.5 Å². The lowest BCUT2D eigenvalue weighted by Crippen LogP contribution is -1.97. The number of hydrogen-bond donors (Lipinski definition) is 0. The topological polar surface area (TPSA) is 35.1 Å². The first-order valence-electron chi connectivity index (χ1n) is 11.3. The van der Waals surface area contributed by atoms with Crippen molar-refractivity contribution in [2.45, 2.75) is 0 Å². The van der Waals surface area contributed by atoms with Crippen molar-refractivity contribution in [2.24, 2.45) is 0 Å². The van der Waals surface area contributed by atoms with Crippen molar-refractivity contribution in [3.8, 4) is 28.2 Å². The number of aromatic nitrogens is 4. The zero-order valence-electron chi connectivity index (χ0n) is 18.3. The molecule has 0 radical (unpaired) electrons. The number of hydrogen-bond acceptors (Lipinski definition) is 2. The summed E-state index contributed by atoms with van der Waals surface area (Å²) in [6.45, 7) is 0. The Hall–Kier alpha value is -4.70. The van der Waals surface area contributed by atoms with Crippen molar-refractivity contribution >= 4 is 27.3 Å². The number of nitrogens with zero attached hydrogens (tertiary/aromatic N) is 4. The summed E-state index contributed by atoms with van der Waals surface area (Å²) < 4.78 is 4.38. The van der Waals surface area contributed by atoms with E-state index in [4.69, 9.17) is 9.97 Å². The van der Waals surface area contributed by atoms with E-state index < -0.39 is 0 Å². The molecule has 160 valence electrons. The summed E-state index contributed by atoms with van der Waals surface area (Å²) >= 11 is 0. The van der Waals surface area contributed by atoms with Gasteiger partial charge in [0.1, 0.15) is 0 Å². The van der Waals surface area contributed by atoms with E-state index in [-0.39, 0.29) is 0 Å². The fraction of sp³-hybridized carbons (Fsp3) is 0. The molecule has 0 aliphatic carbocycles. The number of fused-ring (bicyclic) bond motifs is 4. The van der Waals surface area contributed by atoms with Crippen LogP contribution in [0.5, 0.6) is 0 Å². The molecule has 0 spiro atoms. The second-order valence-electron chi connectivity index (χ2n) is 8.41. The van der Waals surface area contributed by atoms with E-state index in [9.17, 15) is 0 Å². The highest BCUT2D eigenvalue weighted by atomic mass is 15.0. The van der Waals surface area contributed by atoms with E-state index in [0.717, 1.165) is 38.9 Å². The van der Waals surface area contributed by atoms with E-state index in [1.807, 2.05) is 24.5 Å². The van der Waals surface area contributed by atoms with Crippen molar-refractivity contribution in [3.63, 3.8) is 0 Å². The van der Waals surface area contributed by atoms with E-state index in [0.29, 0.717) is 5.82 Å². The fourth-order valence-corrected chi connectivity index (χ4v) is 4.98. The van der Waals surface area contributed by atoms with Gasteiger partial charge in [0.05, 0.1) is 34.6 Å². The first-order valence-corrected chi connectivity index (χ1v) is 11.3. The van der Waals surface area contributed by atoms with Gasteiger partial charge in [0, 0.05) is 34.3 Å². The summed E-state index contributed by atoms with van der Waals surface area (Å²) in [4.78, 5) is 9.71. The molecule has 0 fully saturated rings. The smallest absolute Gasteiger partial charge is 0.161 e. The molecule has 4 aromatic heterocycles. The predicted molar refractivity (Wildman–Crippen MR) is 138 cm³/mol. The maximum absolute atomic E-state index is 4.85. The van der Waals surface area contributed by atoms with Gasteiger partial charge in [0.15, 0.2) is 5.82 Å². The maximum Gasteiger partial charge on any atom is 0.161 e. The van der Waals surface area contributed by atoms with Crippen LogP contribution in [0.15, 0.2) is 122 Å². The normalized spacial score (nSPS) is 11.5. The third-order valence-corrected chi connectivity index (χ3v) is 6.46. The Morgan fingerprint density at radius 3 is 1.85 bits per heavy atom. The number of para-hydroxylation sites is 2. The molecular formula is C30H20N4. The summed E-state index contributed by atoms with van der Waals surface area (Å²) in [7, 11) is 0. The van der Waals surface area contributed by atoms with Gasteiger partial charge in [0.25, 0.3) is 0 Å². The van der Waals surface area contributed by atoms with E-state index in [1.54, 1.807) is 0 Å². The first-order chi connectivity index (χ1) is 16.9. The summed E-state index contributed by atoms with van der Waals surface area (Å²) in [6.07, 6.45) is 8.04. The highest BCUT2D eigenvalue weighted by molar-refractivity contribution is 6.09. The summed E-state index contributed by atoms with van der Waals surface area (Å²) in [5, 5.41) is 2.46. The van der Waals surface area contributed by atoms with Crippen LogP contribution in [0.3, 0.4) is 0 Å². The van der Waals surface area contributed by atoms with E-state index in [1.165, 1.54) is 10.8 Å². The fourth-order valence-electron chi connectivity index (χ4n) is 4.98. The lowest BCUT2D eigenvalue weighted by molar-refractivity contribution is 1.08. The van der Waals surface area contributed by atoms with E-state index >= 15 is 0 Å². The molecule has 34 heavy (non-hydrogen) atoms. The number of rotatable bonds is 3. The van der Waals surface area contributed by atoms with Crippen LogP contribution in [0.4, 0.5) is 0 Å². The molecule has 0 N–H and O–H groups in total. The van der Waals surface area contributed by atoms with Crippen LogP contribution < -0.4 is 0 Å². The second kappa shape index (κ2) is 7.42.